The van der Waals surface area contributed by atoms with Crippen molar-refractivity contribution in [2.75, 3.05) is 6.26 Å². The fourth-order valence-corrected chi connectivity index (χ4v) is 4.62. The second-order valence-corrected chi connectivity index (χ2v) is 14.3. The van der Waals surface area contributed by atoms with Crippen molar-refractivity contribution in [1.29, 1.82) is 0 Å². The molecule has 0 amide bonds. The van der Waals surface area contributed by atoms with Gasteiger partial charge >= 0.3 is 0 Å². The molecule has 26 heavy (non-hydrogen) atoms. The third-order valence-electron chi connectivity index (χ3n) is 4.16. The van der Waals surface area contributed by atoms with Crippen LogP contribution in [0.4, 0.5) is 0 Å². The van der Waals surface area contributed by atoms with Gasteiger partial charge in [-0.2, -0.15) is 8.42 Å². The Labute approximate surface area is 159 Å². The molecule has 4 nitrogen and oxygen atoms in total. The zero-order valence-electron chi connectivity index (χ0n) is 16.4. The zero-order chi connectivity index (χ0) is 20.0. The lowest BCUT2D eigenvalue weighted by atomic mass is 9.98. The van der Waals surface area contributed by atoms with Crippen LogP contribution in [0.2, 0.25) is 19.6 Å². The minimum atomic E-state index is -3.71. The molecule has 1 rings (SSSR count). The maximum atomic E-state index is 11.5. The first-order valence-corrected chi connectivity index (χ1v) is 14.0. The van der Waals surface area contributed by atoms with E-state index in [1.807, 2.05) is 37.8 Å². The molecule has 0 fully saturated rings. The van der Waals surface area contributed by atoms with Crippen LogP contribution in [0.25, 0.3) is 0 Å². The number of aliphatic hydroxyl groups is 1. The molecule has 0 aliphatic carbocycles. The van der Waals surface area contributed by atoms with Gasteiger partial charge in [0.2, 0.25) is 0 Å². The smallest absolute Gasteiger partial charge is 0.264 e. The van der Waals surface area contributed by atoms with Crippen molar-refractivity contribution in [2.24, 2.45) is 0 Å². The van der Waals surface area contributed by atoms with Crippen molar-refractivity contribution in [3.05, 3.63) is 47.7 Å². The summed E-state index contributed by atoms with van der Waals surface area (Å²) in [6.07, 6.45) is 2.31. The highest BCUT2D eigenvalue weighted by molar-refractivity contribution is 7.86. The van der Waals surface area contributed by atoms with Crippen molar-refractivity contribution in [3.8, 4) is 11.8 Å². The lowest BCUT2D eigenvalue weighted by Gasteiger charge is -2.36. The van der Waals surface area contributed by atoms with Gasteiger partial charge in [-0.15, -0.1) is 0 Å². The molecular weight excluding hydrogens is 364 g/mol. The average Bonchev–Trinajstić information content (AvgIpc) is 2.52. The molecule has 0 radical (unpaired) electrons. The van der Waals surface area contributed by atoms with Gasteiger partial charge in [0.15, 0.2) is 5.60 Å². The monoisotopic (exact) mass is 394 g/mol. The van der Waals surface area contributed by atoms with E-state index < -0.39 is 29.9 Å². The van der Waals surface area contributed by atoms with E-state index in [2.05, 4.69) is 30.6 Å². The van der Waals surface area contributed by atoms with Gasteiger partial charge in [0.25, 0.3) is 10.1 Å². The second-order valence-electron chi connectivity index (χ2n) is 7.58. The first-order valence-electron chi connectivity index (χ1n) is 8.70. The van der Waals surface area contributed by atoms with Crippen molar-refractivity contribution < 1.29 is 17.7 Å². The third kappa shape index (κ3) is 7.08. The van der Waals surface area contributed by atoms with Crippen LogP contribution in [0.5, 0.6) is 0 Å². The molecule has 1 N–H and O–H groups in total. The Morgan fingerprint density at radius 1 is 1.31 bits per heavy atom. The summed E-state index contributed by atoms with van der Waals surface area (Å²) in [4.78, 5) is 0. The predicted octanol–water partition coefficient (Wildman–Crippen LogP) is 3.54. The highest BCUT2D eigenvalue weighted by Gasteiger charge is 2.43. The first-order chi connectivity index (χ1) is 11.9. The van der Waals surface area contributed by atoms with E-state index in [1.165, 1.54) is 12.5 Å². The van der Waals surface area contributed by atoms with Gasteiger partial charge in [-0.05, 0) is 30.5 Å². The summed E-state index contributed by atoms with van der Waals surface area (Å²) in [5, 5.41) is 11.7. The fourth-order valence-electron chi connectivity index (χ4n) is 2.55. The summed E-state index contributed by atoms with van der Waals surface area (Å²) in [7, 11) is -5.69. The van der Waals surface area contributed by atoms with Crippen LogP contribution in [-0.4, -0.2) is 39.6 Å². The number of hydrogen-bond donors (Lipinski definition) is 1. The molecule has 0 aliphatic heterocycles. The standard InChI is InChI=1S/C20H30O4SSi/c1-17(24-25(3,22)23)20(21,18(2)26(4,5)6)16-12-8-11-15-19-13-9-7-10-14-19/h7,9-10,13-14,17,21H,2,8,11,15H2,1,3-6H3/t17-,20?/m0/s1. The maximum Gasteiger partial charge on any atom is 0.264 e. The van der Waals surface area contributed by atoms with Crippen molar-refractivity contribution in [2.45, 2.75) is 57.5 Å². The first kappa shape index (κ1) is 22.6. The molecule has 0 spiro atoms. The largest absolute Gasteiger partial charge is 0.372 e. The Kier molecular flexibility index (Phi) is 7.84. The number of benzene rings is 1. The van der Waals surface area contributed by atoms with Gasteiger partial charge in [-0.3, -0.25) is 4.18 Å². The van der Waals surface area contributed by atoms with Crippen LogP contribution < -0.4 is 0 Å². The molecule has 0 aliphatic rings. The predicted molar refractivity (Wildman–Crippen MR) is 110 cm³/mol. The van der Waals surface area contributed by atoms with Crippen LogP contribution in [0.15, 0.2) is 42.1 Å². The van der Waals surface area contributed by atoms with Crippen LogP contribution >= 0.6 is 0 Å². The van der Waals surface area contributed by atoms with E-state index >= 15 is 0 Å². The van der Waals surface area contributed by atoms with E-state index in [-0.39, 0.29) is 0 Å². The van der Waals surface area contributed by atoms with Gasteiger partial charge in [0.1, 0.15) is 6.10 Å². The molecular formula is C20H30O4SSi. The minimum Gasteiger partial charge on any atom is -0.372 e. The number of hydrogen-bond acceptors (Lipinski definition) is 4. The summed E-state index contributed by atoms with van der Waals surface area (Å²) >= 11 is 0. The Bertz CT molecular complexity index is 770. The van der Waals surface area contributed by atoms with E-state index in [4.69, 9.17) is 4.18 Å². The summed E-state index contributed by atoms with van der Waals surface area (Å²) in [5.41, 5.74) is -0.440. The van der Waals surface area contributed by atoms with E-state index in [0.29, 0.717) is 11.6 Å². The van der Waals surface area contributed by atoms with Gasteiger partial charge in [-0.25, -0.2) is 0 Å². The van der Waals surface area contributed by atoms with E-state index in [9.17, 15) is 13.5 Å². The summed E-state index contributed by atoms with van der Waals surface area (Å²) < 4.78 is 28.0. The Hall–Kier alpha value is -1.39. The van der Waals surface area contributed by atoms with Crippen molar-refractivity contribution in [1.82, 2.24) is 0 Å². The SMILES string of the molecule is C=C(C(O)(C#CCCCc1ccccc1)[C@H](C)OS(C)(=O)=O)[Si](C)(C)C. The molecule has 1 unspecified atom stereocenters. The van der Waals surface area contributed by atoms with Crippen molar-refractivity contribution >= 4 is 18.2 Å². The third-order valence-corrected chi connectivity index (χ3v) is 6.99. The Balaban J connectivity index is 2.91. The highest BCUT2D eigenvalue weighted by Crippen LogP contribution is 2.30. The van der Waals surface area contributed by atoms with Crippen LogP contribution in [0.3, 0.4) is 0 Å². The highest BCUT2D eigenvalue weighted by atomic mass is 32.2. The Morgan fingerprint density at radius 3 is 2.38 bits per heavy atom. The molecule has 0 bridgehead atoms. The lowest BCUT2D eigenvalue weighted by Crippen LogP contribution is -2.50. The molecule has 1 aromatic rings. The van der Waals surface area contributed by atoms with Crippen LogP contribution in [0.1, 0.15) is 25.3 Å². The molecule has 0 aromatic heterocycles. The van der Waals surface area contributed by atoms with Gasteiger partial charge < -0.3 is 5.11 Å². The number of rotatable bonds is 8. The minimum absolute atomic E-state index is 0.566. The van der Waals surface area contributed by atoms with Gasteiger partial charge in [-0.1, -0.05) is 68.4 Å². The number of unbranched alkanes of at least 4 members (excludes halogenated alkanes) is 1. The zero-order valence-corrected chi connectivity index (χ0v) is 18.2. The summed E-state index contributed by atoms with van der Waals surface area (Å²) in [6, 6.07) is 10.1. The number of aryl methyl sites for hydroxylation is 1. The van der Waals surface area contributed by atoms with Gasteiger partial charge in [0.05, 0.1) is 14.3 Å². The molecule has 0 saturated heterocycles. The molecule has 6 heteroatoms. The molecule has 1 aromatic carbocycles. The van der Waals surface area contributed by atoms with E-state index in [0.717, 1.165) is 19.1 Å². The Morgan fingerprint density at radius 2 is 1.88 bits per heavy atom. The molecule has 2 atom stereocenters. The van der Waals surface area contributed by atoms with Crippen LogP contribution in [0, 0.1) is 11.8 Å². The summed E-state index contributed by atoms with van der Waals surface area (Å²) in [5.74, 6) is 5.86. The average molecular weight is 395 g/mol. The lowest BCUT2D eigenvalue weighted by molar-refractivity contribution is 0.0287. The second kappa shape index (κ2) is 9.00. The van der Waals surface area contributed by atoms with Gasteiger partial charge in [0, 0.05) is 6.42 Å². The molecule has 144 valence electrons. The maximum absolute atomic E-state index is 11.5. The fraction of sp³-hybridized carbons (Fsp3) is 0.500. The summed E-state index contributed by atoms with van der Waals surface area (Å²) in [6.45, 7) is 11.6. The van der Waals surface area contributed by atoms with E-state index in [1.54, 1.807) is 0 Å². The topological polar surface area (TPSA) is 63.6 Å². The van der Waals surface area contributed by atoms with Crippen molar-refractivity contribution in [3.63, 3.8) is 0 Å². The quantitative estimate of drug-likeness (QED) is 0.317. The molecule has 0 heterocycles. The molecule has 0 saturated carbocycles. The normalized spacial score (nSPS) is 15.5. The van der Waals surface area contributed by atoms with Crippen LogP contribution in [-0.2, 0) is 20.7 Å².